The van der Waals surface area contributed by atoms with Gasteiger partial charge in [-0.15, -0.1) is 0 Å². The zero-order valence-corrected chi connectivity index (χ0v) is 8.94. The molecule has 0 radical (unpaired) electrons. The third-order valence-electron chi connectivity index (χ3n) is 2.37. The van der Waals surface area contributed by atoms with Crippen LogP contribution in [-0.4, -0.2) is 27.5 Å². The molecule has 1 saturated heterocycles. The maximum Gasteiger partial charge on any atom is 0.229 e. The lowest BCUT2D eigenvalue weighted by Crippen LogP contribution is -2.27. The Balaban J connectivity index is 2.27. The Hall–Kier alpha value is -0.970. The van der Waals surface area contributed by atoms with Crippen molar-refractivity contribution in [3.05, 3.63) is 12.3 Å². The molecule has 1 aromatic heterocycles. The fourth-order valence-electron chi connectivity index (χ4n) is 1.71. The molecular weight excluding hydrogens is 198 g/mol. The summed E-state index contributed by atoms with van der Waals surface area (Å²) in [7, 11) is 0. The molecule has 1 unspecified atom stereocenters. The monoisotopic (exact) mass is 211 g/mol. The molecule has 1 aliphatic rings. The molecule has 0 aromatic carbocycles. The number of hydrogen-bond acceptors (Lipinski definition) is 3. The summed E-state index contributed by atoms with van der Waals surface area (Å²) in [5.74, 6) is 1.02. The van der Waals surface area contributed by atoms with E-state index in [1.165, 1.54) is 0 Å². The van der Waals surface area contributed by atoms with Gasteiger partial charge in [0, 0.05) is 30.8 Å². The molecular formula is C9H13N3OS. The average molecular weight is 211 g/mol. The summed E-state index contributed by atoms with van der Waals surface area (Å²) >= 11 is 4.31. The molecule has 4 nitrogen and oxygen atoms in total. The minimum absolute atomic E-state index is 0.139. The van der Waals surface area contributed by atoms with Crippen molar-refractivity contribution >= 4 is 24.4 Å². The van der Waals surface area contributed by atoms with Crippen LogP contribution < -0.4 is 4.90 Å². The van der Waals surface area contributed by atoms with Crippen LogP contribution in [0.15, 0.2) is 12.3 Å². The summed E-state index contributed by atoms with van der Waals surface area (Å²) in [6.07, 6.45) is 2.25. The Kier molecular flexibility index (Phi) is 2.50. The molecule has 0 spiro atoms. The van der Waals surface area contributed by atoms with Gasteiger partial charge in [0.25, 0.3) is 0 Å². The molecule has 2 rings (SSSR count). The van der Waals surface area contributed by atoms with Gasteiger partial charge in [0.05, 0.1) is 6.20 Å². The summed E-state index contributed by atoms with van der Waals surface area (Å²) in [5, 5.41) is 4.29. The van der Waals surface area contributed by atoms with E-state index in [2.05, 4.69) is 17.7 Å². The van der Waals surface area contributed by atoms with E-state index >= 15 is 0 Å². The van der Waals surface area contributed by atoms with E-state index in [0.29, 0.717) is 13.0 Å². The molecule has 1 aliphatic heterocycles. The van der Waals surface area contributed by atoms with Crippen LogP contribution >= 0.6 is 12.6 Å². The Bertz CT molecular complexity index is 350. The molecule has 0 aliphatic carbocycles. The van der Waals surface area contributed by atoms with Crippen LogP contribution in [0.1, 0.15) is 13.3 Å². The highest BCUT2D eigenvalue weighted by Gasteiger charge is 2.29. The van der Waals surface area contributed by atoms with Crippen LogP contribution in [0.5, 0.6) is 0 Å². The molecule has 0 bridgehead atoms. The van der Waals surface area contributed by atoms with Gasteiger partial charge in [-0.25, -0.2) is 4.68 Å². The third kappa shape index (κ3) is 1.52. The minimum Gasteiger partial charge on any atom is -0.296 e. The van der Waals surface area contributed by atoms with Crippen molar-refractivity contribution in [3.8, 4) is 0 Å². The van der Waals surface area contributed by atoms with E-state index in [1.807, 2.05) is 17.7 Å². The number of nitrogens with zero attached hydrogens (tertiary/aromatic N) is 3. The number of carbonyl (C=O) groups is 1. The molecule has 1 atom stereocenters. The van der Waals surface area contributed by atoms with E-state index in [1.54, 1.807) is 11.1 Å². The summed E-state index contributed by atoms with van der Waals surface area (Å²) in [5.41, 5.74) is 0. The fraction of sp³-hybridized carbons (Fsp3) is 0.556. The molecule has 5 heteroatoms. The van der Waals surface area contributed by atoms with Crippen molar-refractivity contribution in [2.75, 3.05) is 11.4 Å². The summed E-state index contributed by atoms with van der Waals surface area (Å²) < 4.78 is 1.82. The molecule has 1 amide bonds. The molecule has 14 heavy (non-hydrogen) atoms. The largest absolute Gasteiger partial charge is 0.296 e. The maximum absolute atomic E-state index is 11.6. The number of amides is 1. The van der Waals surface area contributed by atoms with Crippen molar-refractivity contribution in [1.82, 2.24) is 9.78 Å². The highest BCUT2D eigenvalue weighted by atomic mass is 32.1. The van der Waals surface area contributed by atoms with Crippen molar-refractivity contribution in [2.24, 2.45) is 0 Å². The lowest BCUT2D eigenvalue weighted by atomic mass is 10.4. The fourth-order valence-corrected chi connectivity index (χ4v) is 2.03. The van der Waals surface area contributed by atoms with Gasteiger partial charge in [-0.1, -0.05) is 0 Å². The van der Waals surface area contributed by atoms with Gasteiger partial charge < -0.3 is 0 Å². The van der Waals surface area contributed by atoms with Gasteiger partial charge in [-0.2, -0.15) is 17.7 Å². The van der Waals surface area contributed by atoms with Gasteiger partial charge in [0.1, 0.15) is 5.82 Å². The smallest absolute Gasteiger partial charge is 0.229 e. The zero-order valence-electron chi connectivity index (χ0n) is 8.05. The van der Waals surface area contributed by atoms with E-state index in [4.69, 9.17) is 0 Å². The number of thiol groups is 1. The summed E-state index contributed by atoms with van der Waals surface area (Å²) in [6.45, 7) is 3.48. The minimum atomic E-state index is 0.139. The Morgan fingerprint density at radius 1 is 1.71 bits per heavy atom. The molecule has 76 valence electrons. The highest BCUT2D eigenvalue weighted by Crippen LogP contribution is 2.23. The Morgan fingerprint density at radius 3 is 3.07 bits per heavy atom. The van der Waals surface area contributed by atoms with Gasteiger partial charge >= 0.3 is 0 Å². The number of aromatic nitrogens is 2. The van der Waals surface area contributed by atoms with Crippen LogP contribution in [0.4, 0.5) is 5.82 Å². The molecule has 1 fully saturated rings. The second-order valence-corrected chi connectivity index (χ2v) is 4.10. The van der Waals surface area contributed by atoms with E-state index < -0.39 is 0 Å². The van der Waals surface area contributed by atoms with E-state index in [-0.39, 0.29) is 11.2 Å². The first kappa shape index (κ1) is 9.58. The van der Waals surface area contributed by atoms with Crippen LogP contribution in [0.3, 0.4) is 0 Å². The number of rotatable bonds is 2. The number of hydrogen-bond donors (Lipinski definition) is 1. The lowest BCUT2D eigenvalue weighted by Gasteiger charge is -2.16. The first-order valence-corrected chi connectivity index (χ1v) is 5.24. The van der Waals surface area contributed by atoms with Gasteiger partial charge in [0.15, 0.2) is 0 Å². The quantitative estimate of drug-likeness (QED) is 0.739. The molecule has 1 aromatic rings. The zero-order chi connectivity index (χ0) is 10.1. The Morgan fingerprint density at radius 2 is 2.50 bits per heavy atom. The summed E-state index contributed by atoms with van der Waals surface area (Å²) in [6, 6.07) is 1.87. The number of carbonyl (C=O) groups excluding carboxylic acids is 1. The third-order valence-corrected chi connectivity index (χ3v) is 2.72. The molecule has 0 N–H and O–H groups in total. The van der Waals surface area contributed by atoms with Gasteiger partial charge in [-0.3, -0.25) is 9.69 Å². The predicted octanol–water partition coefficient (Wildman–Crippen LogP) is 0.938. The van der Waals surface area contributed by atoms with E-state index in [9.17, 15) is 4.79 Å². The van der Waals surface area contributed by atoms with Gasteiger partial charge in [-0.05, 0) is 6.92 Å². The second-order valence-electron chi connectivity index (χ2n) is 3.37. The normalized spacial score (nSPS) is 22.0. The second kappa shape index (κ2) is 3.65. The summed E-state index contributed by atoms with van der Waals surface area (Å²) in [4.78, 5) is 13.3. The van der Waals surface area contributed by atoms with Gasteiger partial charge in [0.2, 0.25) is 5.91 Å². The first-order valence-electron chi connectivity index (χ1n) is 4.72. The van der Waals surface area contributed by atoms with Crippen LogP contribution in [-0.2, 0) is 11.3 Å². The number of anilines is 1. The molecule has 0 saturated carbocycles. The standard InChI is InChI=1S/C9H13N3OS/c1-2-12-8(3-4-10-12)11-6-7(14)5-9(11)13/h3-4,7,14H,2,5-6H2,1H3. The van der Waals surface area contributed by atoms with Crippen LogP contribution in [0, 0.1) is 0 Å². The average Bonchev–Trinajstić information content (AvgIpc) is 2.71. The lowest BCUT2D eigenvalue weighted by molar-refractivity contribution is -0.117. The van der Waals surface area contributed by atoms with Crippen LogP contribution in [0.25, 0.3) is 0 Å². The SMILES string of the molecule is CCn1nccc1N1CC(S)CC1=O. The topological polar surface area (TPSA) is 38.1 Å². The molecule has 2 heterocycles. The van der Waals surface area contributed by atoms with Crippen LogP contribution in [0.2, 0.25) is 0 Å². The van der Waals surface area contributed by atoms with Crippen molar-refractivity contribution in [2.45, 2.75) is 25.1 Å². The van der Waals surface area contributed by atoms with Crippen molar-refractivity contribution in [1.29, 1.82) is 0 Å². The van der Waals surface area contributed by atoms with E-state index in [0.717, 1.165) is 12.4 Å². The Labute approximate surface area is 88.3 Å². The first-order chi connectivity index (χ1) is 6.72. The predicted molar refractivity (Wildman–Crippen MR) is 57.6 cm³/mol. The van der Waals surface area contributed by atoms with Crippen molar-refractivity contribution < 1.29 is 4.79 Å². The highest BCUT2D eigenvalue weighted by molar-refractivity contribution is 7.81. The maximum atomic E-state index is 11.6. The van der Waals surface area contributed by atoms with Crippen molar-refractivity contribution in [3.63, 3.8) is 0 Å². The number of aryl methyl sites for hydroxylation is 1.